The molecule has 2 amide bonds. The predicted octanol–water partition coefficient (Wildman–Crippen LogP) is 3.40. The topological polar surface area (TPSA) is 53.6 Å². The van der Waals surface area contributed by atoms with Crippen molar-refractivity contribution in [3.05, 3.63) is 29.8 Å². The third-order valence-electron chi connectivity index (χ3n) is 5.41. The summed E-state index contributed by atoms with van der Waals surface area (Å²) < 4.78 is 5.48. The van der Waals surface area contributed by atoms with Crippen molar-refractivity contribution in [3.8, 4) is 0 Å². The van der Waals surface area contributed by atoms with Crippen LogP contribution in [0.15, 0.2) is 24.3 Å². The number of hydrogen-bond donors (Lipinski definition) is 2. The first-order chi connectivity index (χ1) is 12.2. The van der Waals surface area contributed by atoms with E-state index in [0.29, 0.717) is 12.0 Å². The molecule has 2 aliphatic rings. The van der Waals surface area contributed by atoms with Crippen LogP contribution in [-0.4, -0.2) is 49.8 Å². The Bertz CT molecular complexity index is 540. The van der Waals surface area contributed by atoms with E-state index in [-0.39, 0.29) is 6.03 Å². The van der Waals surface area contributed by atoms with Gasteiger partial charge < -0.3 is 15.4 Å². The van der Waals surface area contributed by atoms with Gasteiger partial charge in [-0.25, -0.2) is 4.79 Å². The summed E-state index contributed by atoms with van der Waals surface area (Å²) in [5, 5.41) is 5.89. The number of carbonyl (C=O) groups is 1. The van der Waals surface area contributed by atoms with Crippen LogP contribution in [0.3, 0.4) is 0 Å². The SMILES string of the molecule is Cc1ccc(NC(=O)NCC[C@@H]2CCCN(C3CCOCC3)C2)cc1. The lowest BCUT2D eigenvalue weighted by Gasteiger charge is -2.40. The second-order valence-corrected chi connectivity index (χ2v) is 7.38. The number of amides is 2. The van der Waals surface area contributed by atoms with Gasteiger partial charge in [0.25, 0.3) is 0 Å². The molecule has 5 nitrogen and oxygen atoms in total. The number of ether oxygens (including phenoxy) is 1. The molecule has 1 aromatic carbocycles. The molecule has 0 aromatic heterocycles. The number of nitrogens with zero attached hydrogens (tertiary/aromatic N) is 1. The van der Waals surface area contributed by atoms with Crippen LogP contribution in [0.2, 0.25) is 0 Å². The minimum absolute atomic E-state index is 0.110. The highest BCUT2D eigenvalue weighted by atomic mass is 16.5. The molecule has 5 heteroatoms. The molecule has 0 aliphatic carbocycles. The van der Waals surface area contributed by atoms with Crippen molar-refractivity contribution >= 4 is 11.7 Å². The molecule has 0 spiro atoms. The lowest BCUT2D eigenvalue weighted by atomic mass is 9.92. The lowest BCUT2D eigenvalue weighted by molar-refractivity contribution is 0.0171. The van der Waals surface area contributed by atoms with Crippen LogP contribution in [0.5, 0.6) is 0 Å². The summed E-state index contributed by atoms with van der Waals surface area (Å²) in [5.74, 6) is 0.691. The first kappa shape index (κ1) is 18.2. The standard InChI is InChI=1S/C20H31N3O2/c1-16-4-6-18(7-5-16)22-20(24)21-11-8-17-3-2-12-23(15-17)19-9-13-25-14-10-19/h4-7,17,19H,2-3,8-15H2,1H3,(H2,21,22,24)/t17-/m0/s1. The average molecular weight is 345 g/mol. The first-order valence-corrected chi connectivity index (χ1v) is 9.64. The number of likely N-dealkylation sites (tertiary alicyclic amines) is 1. The zero-order chi connectivity index (χ0) is 17.5. The predicted molar refractivity (Wildman–Crippen MR) is 101 cm³/mol. The summed E-state index contributed by atoms with van der Waals surface area (Å²) >= 11 is 0. The maximum atomic E-state index is 12.0. The van der Waals surface area contributed by atoms with Crippen LogP contribution in [0, 0.1) is 12.8 Å². The maximum Gasteiger partial charge on any atom is 0.319 e. The van der Waals surface area contributed by atoms with Gasteiger partial charge in [-0.15, -0.1) is 0 Å². The van der Waals surface area contributed by atoms with E-state index in [9.17, 15) is 4.79 Å². The highest BCUT2D eigenvalue weighted by molar-refractivity contribution is 5.89. The molecular weight excluding hydrogens is 314 g/mol. The molecule has 0 radical (unpaired) electrons. The van der Waals surface area contributed by atoms with Crippen molar-refractivity contribution < 1.29 is 9.53 Å². The number of piperidine rings is 1. The van der Waals surface area contributed by atoms with Gasteiger partial charge >= 0.3 is 6.03 Å². The molecule has 0 unspecified atom stereocenters. The summed E-state index contributed by atoms with van der Waals surface area (Å²) in [5.41, 5.74) is 2.03. The van der Waals surface area contributed by atoms with E-state index >= 15 is 0 Å². The smallest absolute Gasteiger partial charge is 0.319 e. The van der Waals surface area contributed by atoms with Gasteiger partial charge in [-0.1, -0.05) is 17.7 Å². The number of carbonyl (C=O) groups excluding carboxylic acids is 1. The monoisotopic (exact) mass is 345 g/mol. The molecule has 2 N–H and O–H groups in total. The molecule has 1 aromatic rings. The van der Waals surface area contributed by atoms with Crippen molar-refractivity contribution in [2.24, 2.45) is 5.92 Å². The van der Waals surface area contributed by atoms with Gasteiger partial charge in [-0.3, -0.25) is 4.90 Å². The molecule has 2 saturated heterocycles. The van der Waals surface area contributed by atoms with Crippen molar-refractivity contribution in [1.82, 2.24) is 10.2 Å². The number of aryl methyl sites for hydroxylation is 1. The summed E-state index contributed by atoms with van der Waals surface area (Å²) in [6.07, 6.45) is 5.95. The summed E-state index contributed by atoms with van der Waals surface area (Å²) in [4.78, 5) is 14.7. The maximum absolute atomic E-state index is 12.0. The highest BCUT2D eigenvalue weighted by Gasteiger charge is 2.26. The third-order valence-corrected chi connectivity index (χ3v) is 5.41. The Hall–Kier alpha value is -1.59. The fraction of sp³-hybridized carbons (Fsp3) is 0.650. The Kier molecular flexibility index (Phi) is 6.70. The van der Waals surface area contributed by atoms with Gasteiger partial charge in [0.1, 0.15) is 0 Å². The Balaban J connectivity index is 1.36. The summed E-state index contributed by atoms with van der Waals surface area (Å²) in [7, 11) is 0. The highest BCUT2D eigenvalue weighted by Crippen LogP contribution is 2.24. The van der Waals surface area contributed by atoms with E-state index in [2.05, 4.69) is 15.5 Å². The van der Waals surface area contributed by atoms with Gasteiger partial charge in [0.05, 0.1) is 0 Å². The average Bonchev–Trinajstić information content (AvgIpc) is 2.65. The number of rotatable bonds is 5. The van der Waals surface area contributed by atoms with Crippen LogP contribution in [0.25, 0.3) is 0 Å². The van der Waals surface area contributed by atoms with Gasteiger partial charge in [-0.2, -0.15) is 0 Å². The number of nitrogens with one attached hydrogen (secondary N) is 2. The van der Waals surface area contributed by atoms with Crippen molar-refractivity contribution in [2.45, 2.75) is 45.1 Å². The van der Waals surface area contributed by atoms with Crippen LogP contribution in [-0.2, 0) is 4.74 Å². The zero-order valence-electron chi connectivity index (χ0n) is 15.3. The zero-order valence-corrected chi connectivity index (χ0v) is 15.3. The quantitative estimate of drug-likeness (QED) is 0.860. The van der Waals surface area contributed by atoms with Gasteiger partial charge in [0, 0.05) is 38.0 Å². The second kappa shape index (κ2) is 9.20. The second-order valence-electron chi connectivity index (χ2n) is 7.38. The fourth-order valence-electron chi connectivity index (χ4n) is 3.92. The molecular formula is C20H31N3O2. The van der Waals surface area contributed by atoms with Gasteiger partial charge in [0.2, 0.25) is 0 Å². The summed E-state index contributed by atoms with van der Waals surface area (Å²) in [6, 6.07) is 8.46. The van der Waals surface area contributed by atoms with Crippen LogP contribution < -0.4 is 10.6 Å². The minimum atomic E-state index is -0.110. The normalized spacial score (nSPS) is 22.5. The van der Waals surface area contributed by atoms with E-state index in [1.54, 1.807) is 0 Å². The molecule has 0 saturated carbocycles. The molecule has 2 fully saturated rings. The minimum Gasteiger partial charge on any atom is -0.381 e. The Morgan fingerprint density at radius 2 is 1.96 bits per heavy atom. The van der Waals surface area contributed by atoms with E-state index < -0.39 is 0 Å². The van der Waals surface area contributed by atoms with Gasteiger partial charge in [-0.05, 0) is 63.6 Å². The van der Waals surface area contributed by atoms with Crippen LogP contribution >= 0.6 is 0 Å². The Morgan fingerprint density at radius 3 is 2.72 bits per heavy atom. The van der Waals surface area contributed by atoms with Crippen LogP contribution in [0.4, 0.5) is 10.5 Å². The lowest BCUT2D eigenvalue weighted by Crippen LogP contribution is -2.45. The summed E-state index contributed by atoms with van der Waals surface area (Å²) in [6.45, 7) is 7.00. The molecule has 2 aliphatic heterocycles. The number of anilines is 1. The van der Waals surface area contributed by atoms with E-state index in [4.69, 9.17) is 4.74 Å². The van der Waals surface area contributed by atoms with Crippen molar-refractivity contribution in [3.63, 3.8) is 0 Å². The fourth-order valence-corrected chi connectivity index (χ4v) is 3.92. The number of hydrogen-bond acceptors (Lipinski definition) is 3. The first-order valence-electron chi connectivity index (χ1n) is 9.64. The van der Waals surface area contributed by atoms with Crippen LogP contribution in [0.1, 0.15) is 37.7 Å². The Labute approximate surface area is 151 Å². The van der Waals surface area contributed by atoms with E-state index in [1.165, 1.54) is 44.3 Å². The van der Waals surface area contributed by atoms with Gasteiger partial charge in [0.15, 0.2) is 0 Å². The third kappa shape index (κ3) is 5.72. The Morgan fingerprint density at radius 1 is 1.20 bits per heavy atom. The molecule has 2 heterocycles. The number of urea groups is 1. The van der Waals surface area contributed by atoms with E-state index in [0.717, 1.165) is 31.9 Å². The molecule has 3 rings (SSSR count). The molecule has 25 heavy (non-hydrogen) atoms. The number of benzene rings is 1. The molecule has 1 atom stereocenters. The van der Waals surface area contributed by atoms with E-state index in [1.807, 2.05) is 31.2 Å². The van der Waals surface area contributed by atoms with Crippen molar-refractivity contribution in [2.75, 3.05) is 38.2 Å². The molecule has 0 bridgehead atoms. The van der Waals surface area contributed by atoms with Crippen molar-refractivity contribution in [1.29, 1.82) is 0 Å². The molecule has 138 valence electrons. The largest absolute Gasteiger partial charge is 0.381 e.